The van der Waals surface area contributed by atoms with Crippen LogP contribution < -0.4 is 4.74 Å². The third-order valence-electron chi connectivity index (χ3n) is 2.43. The van der Waals surface area contributed by atoms with Crippen molar-refractivity contribution in [3.8, 4) is 5.75 Å². The summed E-state index contributed by atoms with van der Waals surface area (Å²) >= 11 is 12.1. The molecule has 1 aromatic rings. The Morgan fingerprint density at radius 1 is 1.24 bits per heavy atom. The molecule has 0 atom stereocenters. The van der Waals surface area contributed by atoms with Gasteiger partial charge in [-0.3, -0.25) is 0 Å². The first-order valence-electron chi connectivity index (χ1n) is 5.80. The number of nitrogens with zero attached hydrogens (tertiary/aromatic N) is 1. The van der Waals surface area contributed by atoms with Crippen LogP contribution in [0, 0.1) is 0 Å². The van der Waals surface area contributed by atoms with Crippen molar-refractivity contribution < 1.29 is 4.74 Å². The number of ether oxygens (including phenoxy) is 1. The largest absolute Gasteiger partial charge is 0.492 e. The molecule has 0 aliphatic heterocycles. The van der Waals surface area contributed by atoms with E-state index in [9.17, 15) is 0 Å². The number of halogens is 2. The Hall–Kier alpha value is -0.440. The van der Waals surface area contributed by atoms with Crippen molar-refractivity contribution in [3.63, 3.8) is 0 Å². The molecule has 0 unspecified atom stereocenters. The molecule has 4 heteroatoms. The van der Waals surface area contributed by atoms with Crippen molar-refractivity contribution in [2.45, 2.75) is 19.8 Å². The molecular formula is C13H19Cl2NO. The fourth-order valence-electron chi connectivity index (χ4n) is 1.69. The summed E-state index contributed by atoms with van der Waals surface area (Å²) in [6.07, 6.45) is 1.98. The molecule has 0 aliphatic rings. The van der Waals surface area contributed by atoms with Crippen LogP contribution >= 0.6 is 23.2 Å². The predicted molar refractivity (Wildman–Crippen MR) is 74.5 cm³/mol. The molecule has 0 aromatic heterocycles. The minimum absolute atomic E-state index is 0.596. The molecule has 1 rings (SSSR count). The topological polar surface area (TPSA) is 12.5 Å². The maximum Gasteiger partial charge on any atom is 0.141 e. The number of hydrogen-bond donors (Lipinski definition) is 0. The van der Waals surface area contributed by atoms with Gasteiger partial charge < -0.3 is 9.64 Å². The third-order valence-corrected chi connectivity index (χ3v) is 2.92. The highest BCUT2D eigenvalue weighted by atomic mass is 35.5. The Morgan fingerprint density at radius 3 is 2.53 bits per heavy atom. The molecule has 0 saturated carbocycles. The van der Waals surface area contributed by atoms with Gasteiger partial charge in [-0.05, 0) is 58.1 Å². The second kappa shape index (κ2) is 7.10. The number of rotatable bonds is 6. The van der Waals surface area contributed by atoms with Crippen LogP contribution in [-0.4, -0.2) is 32.1 Å². The Morgan fingerprint density at radius 2 is 1.94 bits per heavy atom. The van der Waals surface area contributed by atoms with Gasteiger partial charge in [0.05, 0.1) is 11.6 Å². The van der Waals surface area contributed by atoms with Crippen LogP contribution in [0.2, 0.25) is 10.0 Å². The van der Waals surface area contributed by atoms with Crippen LogP contribution in [0.3, 0.4) is 0 Å². The molecule has 17 heavy (non-hydrogen) atoms. The lowest BCUT2D eigenvalue weighted by atomic mass is 10.1. The van der Waals surface area contributed by atoms with Gasteiger partial charge in [0.25, 0.3) is 0 Å². The van der Waals surface area contributed by atoms with Gasteiger partial charge in [0.15, 0.2) is 0 Å². The summed E-state index contributed by atoms with van der Waals surface area (Å²) in [5.41, 5.74) is 1.09. The molecule has 0 fully saturated rings. The first-order chi connectivity index (χ1) is 8.04. The molecule has 0 radical (unpaired) electrons. The summed E-state index contributed by atoms with van der Waals surface area (Å²) in [6, 6.07) is 3.66. The van der Waals surface area contributed by atoms with Crippen LogP contribution in [0.5, 0.6) is 5.75 Å². The van der Waals surface area contributed by atoms with Gasteiger partial charge in [0, 0.05) is 5.02 Å². The normalized spacial score (nSPS) is 10.9. The molecule has 0 heterocycles. The smallest absolute Gasteiger partial charge is 0.141 e. The van der Waals surface area contributed by atoms with Crippen LogP contribution in [0.15, 0.2) is 12.1 Å². The fourth-order valence-corrected chi connectivity index (χ4v) is 2.28. The zero-order chi connectivity index (χ0) is 12.8. The van der Waals surface area contributed by atoms with E-state index in [0.29, 0.717) is 16.7 Å². The van der Waals surface area contributed by atoms with Gasteiger partial charge in [0.2, 0.25) is 0 Å². The van der Waals surface area contributed by atoms with E-state index < -0.39 is 0 Å². The van der Waals surface area contributed by atoms with E-state index in [1.165, 1.54) is 0 Å². The van der Waals surface area contributed by atoms with Gasteiger partial charge in [-0.1, -0.05) is 23.2 Å². The average Bonchev–Trinajstić information content (AvgIpc) is 2.22. The van der Waals surface area contributed by atoms with E-state index >= 15 is 0 Å². The molecular weight excluding hydrogens is 257 g/mol. The minimum Gasteiger partial charge on any atom is -0.492 e. The maximum absolute atomic E-state index is 6.14. The van der Waals surface area contributed by atoms with Crippen molar-refractivity contribution in [2.75, 3.05) is 27.2 Å². The molecule has 1 aromatic carbocycles. The maximum atomic E-state index is 6.14. The van der Waals surface area contributed by atoms with Crippen LogP contribution in [-0.2, 0) is 6.42 Å². The lowest BCUT2D eigenvalue weighted by molar-refractivity contribution is 0.335. The van der Waals surface area contributed by atoms with E-state index in [1.54, 1.807) is 6.07 Å². The molecule has 0 bridgehead atoms. The second-order valence-corrected chi connectivity index (χ2v) is 5.06. The Labute approximate surface area is 113 Å². The van der Waals surface area contributed by atoms with Gasteiger partial charge >= 0.3 is 0 Å². The van der Waals surface area contributed by atoms with E-state index in [4.69, 9.17) is 27.9 Å². The van der Waals surface area contributed by atoms with Gasteiger partial charge in [0.1, 0.15) is 5.75 Å². The lowest BCUT2D eigenvalue weighted by Gasteiger charge is -2.14. The zero-order valence-corrected chi connectivity index (χ0v) is 12.1. The molecule has 96 valence electrons. The van der Waals surface area contributed by atoms with Crippen molar-refractivity contribution in [1.29, 1.82) is 0 Å². The van der Waals surface area contributed by atoms with E-state index in [0.717, 1.165) is 30.7 Å². The number of benzene rings is 1. The predicted octanol–water partition coefficient (Wildman–Crippen LogP) is 3.89. The number of aryl methyl sites for hydroxylation is 1. The molecule has 0 N–H and O–H groups in total. The third kappa shape index (κ3) is 4.74. The lowest BCUT2D eigenvalue weighted by Crippen LogP contribution is -2.13. The van der Waals surface area contributed by atoms with E-state index in [1.807, 2.05) is 13.0 Å². The van der Waals surface area contributed by atoms with Crippen LogP contribution in [0.4, 0.5) is 0 Å². The highest BCUT2D eigenvalue weighted by molar-refractivity contribution is 6.35. The minimum atomic E-state index is 0.596. The van der Waals surface area contributed by atoms with Crippen molar-refractivity contribution in [1.82, 2.24) is 4.90 Å². The SMILES string of the molecule is CCOc1c(Cl)cc(Cl)cc1CCCN(C)C. The molecule has 0 spiro atoms. The van der Waals surface area contributed by atoms with Crippen LogP contribution in [0.25, 0.3) is 0 Å². The van der Waals surface area contributed by atoms with Crippen molar-refractivity contribution in [2.24, 2.45) is 0 Å². The first-order valence-corrected chi connectivity index (χ1v) is 6.55. The highest BCUT2D eigenvalue weighted by Crippen LogP contribution is 2.33. The molecule has 0 amide bonds. The van der Waals surface area contributed by atoms with Crippen LogP contribution in [0.1, 0.15) is 18.9 Å². The summed E-state index contributed by atoms with van der Waals surface area (Å²) in [5.74, 6) is 0.775. The second-order valence-electron chi connectivity index (χ2n) is 4.22. The summed E-state index contributed by atoms with van der Waals surface area (Å²) < 4.78 is 5.58. The quantitative estimate of drug-likeness (QED) is 0.781. The Bertz CT molecular complexity index is 367. The fraction of sp³-hybridized carbons (Fsp3) is 0.538. The summed E-state index contributed by atoms with van der Waals surface area (Å²) in [6.45, 7) is 3.60. The number of hydrogen-bond acceptors (Lipinski definition) is 2. The summed E-state index contributed by atoms with van der Waals surface area (Å²) in [4.78, 5) is 2.16. The standard InChI is InChI=1S/C13H19Cl2NO/c1-4-17-13-10(6-5-7-16(2)3)8-11(14)9-12(13)15/h8-9H,4-7H2,1-3H3. The monoisotopic (exact) mass is 275 g/mol. The van der Waals surface area contributed by atoms with Crippen molar-refractivity contribution in [3.05, 3.63) is 27.7 Å². The molecule has 2 nitrogen and oxygen atoms in total. The zero-order valence-electron chi connectivity index (χ0n) is 10.6. The van der Waals surface area contributed by atoms with Gasteiger partial charge in [-0.25, -0.2) is 0 Å². The highest BCUT2D eigenvalue weighted by Gasteiger charge is 2.10. The Balaban J connectivity index is 2.80. The molecule has 0 aliphatic carbocycles. The first kappa shape index (κ1) is 14.6. The Kier molecular flexibility index (Phi) is 6.10. The van der Waals surface area contributed by atoms with E-state index in [-0.39, 0.29) is 0 Å². The summed E-state index contributed by atoms with van der Waals surface area (Å²) in [7, 11) is 4.13. The van der Waals surface area contributed by atoms with Gasteiger partial charge in [-0.2, -0.15) is 0 Å². The van der Waals surface area contributed by atoms with Crippen molar-refractivity contribution >= 4 is 23.2 Å². The molecule has 0 saturated heterocycles. The summed E-state index contributed by atoms with van der Waals surface area (Å²) in [5, 5.41) is 1.26. The van der Waals surface area contributed by atoms with Gasteiger partial charge in [-0.15, -0.1) is 0 Å². The van der Waals surface area contributed by atoms with E-state index in [2.05, 4.69) is 19.0 Å². The average molecular weight is 276 g/mol.